The number of fused-ring (bicyclic) bond motifs is 1. The maximum atomic E-state index is 6.39. The first-order valence-electron chi connectivity index (χ1n) is 7.04. The molecule has 0 aliphatic rings. The van der Waals surface area contributed by atoms with Gasteiger partial charge in [0, 0.05) is 18.0 Å². The largest absolute Gasteiger partial charge is 0.464 e. The molecule has 1 aromatic carbocycles. The fourth-order valence-electron chi connectivity index (χ4n) is 2.44. The lowest BCUT2D eigenvalue weighted by atomic mass is 10.1. The predicted octanol–water partition coefficient (Wildman–Crippen LogP) is 4.96. The van der Waals surface area contributed by atoms with Crippen molar-refractivity contribution in [2.24, 2.45) is 0 Å². The smallest absolute Gasteiger partial charge is 0.123 e. The zero-order valence-corrected chi connectivity index (χ0v) is 12.9. The van der Waals surface area contributed by atoms with Gasteiger partial charge in [-0.3, -0.25) is 4.98 Å². The van der Waals surface area contributed by atoms with Gasteiger partial charge in [0.2, 0.25) is 0 Å². The second-order valence-corrected chi connectivity index (χ2v) is 5.43. The average Bonchev–Trinajstić information content (AvgIpc) is 2.95. The summed E-state index contributed by atoms with van der Waals surface area (Å²) in [5.41, 5.74) is 2.95. The van der Waals surface area contributed by atoms with E-state index in [9.17, 15) is 0 Å². The van der Waals surface area contributed by atoms with Crippen molar-refractivity contribution in [3.05, 3.63) is 58.6 Å². The molecule has 2 aromatic heterocycles. The second kappa shape index (κ2) is 5.78. The van der Waals surface area contributed by atoms with E-state index in [1.54, 1.807) is 6.20 Å². The summed E-state index contributed by atoms with van der Waals surface area (Å²) < 4.78 is 5.71. The molecule has 0 aliphatic heterocycles. The van der Waals surface area contributed by atoms with Crippen LogP contribution in [0.25, 0.3) is 10.9 Å². The molecule has 0 aliphatic carbocycles. The molecule has 0 spiro atoms. The number of hydrogen-bond donors (Lipinski definition) is 1. The number of rotatable bonds is 4. The van der Waals surface area contributed by atoms with Crippen LogP contribution in [0, 0.1) is 6.92 Å². The van der Waals surface area contributed by atoms with E-state index in [4.69, 9.17) is 16.0 Å². The monoisotopic (exact) mass is 300 g/mol. The fraction of sp³-hybridized carbons (Fsp3) is 0.235. The van der Waals surface area contributed by atoms with Crippen molar-refractivity contribution >= 4 is 28.2 Å². The summed E-state index contributed by atoms with van der Waals surface area (Å²) in [7, 11) is 0. The molecule has 4 heteroatoms. The lowest BCUT2D eigenvalue weighted by molar-refractivity contribution is 0.476. The fourth-order valence-corrected chi connectivity index (χ4v) is 2.78. The highest BCUT2D eigenvalue weighted by molar-refractivity contribution is 6.35. The first-order chi connectivity index (χ1) is 10.2. The van der Waals surface area contributed by atoms with E-state index in [0.29, 0.717) is 11.6 Å². The highest BCUT2D eigenvalue weighted by Crippen LogP contribution is 2.33. The average molecular weight is 301 g/mol. The zero-order chi connectivity index (χ0) is 14.8. The Balaban J connectivity index is 1.93. The number of halogens is 1. The van der Waals surface area contributed by atoms with Crippen molar-refractivity contribution in [1.82, 2.24) is 4.98 Å². The van der Waals surface area contributed by atoms with Gasteiger partial charge in [-0.25, -0.2) is 0 Å². The molecule has 0 saturated carbocycles. The molecular formula is C17H17ClN2O. The number of nitrogens with zero attached hydrogens (tertiary/aromatic N) is 1. The summed E-state index contributed by atoms with van der Waals surface area (Å²) >= 11 is 6.39. The first-order valence-corrected chi connectivity index (χ1v) is 7.42. The molecule has 0 fully saturated rings. The molecule has 3 aromatic rings. The molecule has 0 unspecified atom stereocenters. The highest BCUT2D eigenvalue weighted by atomic mass is 35.5. The van der Waals surface area contributed by atoms with E-state index in [1.807, 2.05) is 37.3 Å². The van der Waals surface area contributed by atoms with Gasteiger partial charge in [0.1, 0.15) is 11.5 Å². The number of aromatic nitrogens is 1. The maximum absolute atomic E-state index is 6.39. The van der Waals surface area contributed by atoms with Gasteiger partial charge in [-0.15, -0.1) is 0 Å². The van der Waals surface area contributed by atoms with Crippen LogP contribution >= 0.6 is 11.6 Å². The number of furan rings is 1. The van der Waals surface area contributed by atoms with Crippen LogP contribution in [0.3, 0.4) is 0 Å². The molecule has 0 saturated heterocycles. The number of aryl methyl sites for hydroxylation is 2. The molecule has 0 atom stereocenters. The van der Waals surface area contributed by atoms with Gasteiger partial charge in [0.25, 0.3) is 0 Å². The minimum atomic E-state index is 0.604. The summed E-state index contributed by atoms with van der Waals surface area (Å²) in [5.74, 6) is 1.90. The van der Waals surface area contributed by atoms with Gasteiger partial charge in [0.05, 0.1) is 22.8 Å². The van der Waals surface area contributed by atoms with Crippen LogP contribution in [0.5, 0.6) is 0 Å². The Kier molecular flexibility index (Phi) is 3.84. The lowest BCUT2D eigenvalue weighted by Crippen LogP contribution is -2.01. The van der Waals surface area contributed by atoms with Crippen LogP contribution < -0.4 is 5.32 Å². The Morgan fingerprint density at radius 3 is 2.81 bits per heavy atom. The quantitative estimate of drug-likeness (QED) is 0.739. The number of pyridine rings is 1. The molecule has 21 heavy (non-hydrogen) atoms. The van der Waals surface area contributed by atoms with Gasteiger partial charge in [-0.05, 0) is 42.8 Å². The number of benzene rings is 1. The van der Waals surface area contributed by atoms with E-state index in [0.717, 1.165) is 40.1 Å². The third-order valence-corrected chi connectivity index (χ3v) is 3.84. The van der Waals surface area contributed by atoms with Gasteiger partial charge in [-0.1, -0.05) is 18.5 Å². The summed E-state index contributed by atoms with van der Waals surface area (Å²) in [4.78, 5) is 4.43. The Morgan fingerprint density at radius 1 is 1.24 bits per heavy atom. The summed E-state index contributed by atoms with van der Waals surface area (Å²) in [5, 5.41) is 5.11. The van der Waals surface area contributed by atoms with Crippen LogP contribution in [0.4, 0.5) is 5.69 Å². The summed E-state index contributed by atoms with van der Waals surface area (Å²) in [6, 6.07) is 9.90. The number of nitrogens with one attached hydrogen (secondary N) is 1. The number of hydrogen-bond acceptors (Lipinski definition) is 3. The molecular weight excluding hydrogens is 284 g/mol. The Bertz CT molecular complexity index is 780. The molecule has 0 amide bonds. The Morgan fingerprint density at radius 2 is 2.05 bits per heavy atom. The van der Waals surface area contributed by atoms with Crippen molar-refractivity contribution in [2.45, 2.75) is 26.8 Å². The summed E-state index contributed by atoms with van der Waals surface area (Å²) in [6.07, 6.45) is 2.70. The SMILES string of the molecule is CCc1ccc(CNc2c(Cl)cc(C)c3ncccc23)o1. The molecule has 0 radical (unpaired) electrons. The Labute approximate surface area is 128 Å². The van der Waals surface area contributed by atoms with Crippen LogP contribution in [0.1, 0.15) is 24.0 Å². The third-order valence-electron chi connectivity index (χ3n) is 3.54. The minimum Gasteiger partial charge on any atom is -0.464 e. The van der Waals surface area contributed by atoms with Crippen LogP contribution in [0.15, 0.2) is 40.9 Å². The van der Waals surface area contributed by atoms with Crippen LogP contribution in [-0.2, 0) is 13.0 Å². The molecule has 1 N–H and O–H groups in total. The van der Waals surface area contributed by atoms with Gasteiger partial charge in [-0.2, -0.15) is 0 Å². The summed E-state index contributed by atoms with van der Waals surface area (Å²) in [6.45, 7) is 4.70. The van der Waals surface area contributed by atoms with Crippen molar-refractivity contribution in [3.63, 3.8) is 0 Å². The number of anilines is 1. The van der Waals surface area contributed by atoms with E-state index in [2.05, 4.69) is 17.2 Å². The normalized spacial score (nSPS) is 11.0. The highest BCUT2D eigenvalue weighted by Gasteiger charge is 2.10. The van der Waals surface area contributed by atoms with Gasteiger partial charge >= 0.3 is 0 Å². The predicted molar refractivity (Wildman–Crippen MR) is 86.9 cm³/mol. The van der Waals surface area contributed by atoms with E-state index in [-0.39, 0.29) is 0 Å². The standard InChI is InChI=1S/C17H17ClN2O/c1-3-12-6-7-13(21-12)10-20-17-14-5-4-8-19-16(14)11(2)9-15(17)18/h4-9,20H,3,10H2,1-2H3. The molecule has 3 nitrogen and oxygen atoms in total. The molecule has 108 valence electrons. The van der Waals surface area contributed by atoms with Gasteiger partial charge < -0.3 is 9.73 Å². The first kappa shape index (κ1) is 14.0. The van der Waals surface area contributed by atoms with Gasteiger partial charge in [0.15, 0.2) is 0 Å². The van der Waals surface area contributed by atoms with Crippen molar-refractivity contribution in [2.75, 3.05) is 5.32 Å². The van der Waals surface area contributed by atoms with Crippen molar-refractivity contribution in [1.29, 1.82) is 0 Å². The van der Waals surface area contributed by atoms with Crippen LogP contribution in [0.2, 0.25) is 5.02 Å². The topological polar surface area (TPSA) is 38.1 Å². The van der Waals surface area contributed by atoms with E-state index < -0.39 is 0 Å². The second-order valence-electron chi connectivity index (χ2n) is 5.02. The third kappa shape index (κ3) is 2.74. The van der Waals surface area contributed by atoms with Crippen LogP contribution in [-0.4, -0.2) is 4.98 Å². The van der Waals surface area contributed by atoms with E-state index in [1.165, 1.54) is 0 Å². The van der Waals surface area contributed by atoms with Crippen molar-refractivity contribution in [3.8, 4) is 0 Å². The Hall–Kier alpha value is -2.00. The minimum absolute atomic E-state index is 0.604. The molecule has 2 heterocycles. The zero-order valence-electron chi connectivity index (χ0n) is 12.1. The van der Waals surface area contributed by atoms with E-state index >= 15 is 0 Å². The molecule has 3 rings (SSSR count). The molecule has 0 bridgehead atoms. The van der Waals surface area contributed by atoms with Crippen molar-refractivity contribution < 1.29 is 4.42 Å². The lowest BCUT2D eigenvalue weighted by Gasteiger charge is -2.12. The maximum Gasteiger partial charge on any atom is 0.123 e.